The van der Waals surface area contributed by atoms with Crippen LogP contribution in [0.2, 0.25) is 0 Å². The highest BCUT2D eigenvalue weighted by Gasteiger charge is 2.15. The van der Waals surface area contributed by atoms with Crippen LogP contribution in [0.4, 0.5) is 0 Å². The molecule has 2 heterocycles. The van der Waals surface area contributed by atoms with Gasteiger partial charge < -0.3 is 14.7 Å². The molecule has 1 aromatic heterocycles. The fraction of sp³-hybridized carbons (Fsp3) is 0.600. The molecule has 0 aromatic carbocycles. The highest BCUT2D eigenvalue weighted by atomic mass is 16.5. The highest BCUT2D eigenvalue weighted by Crippen LogP contribution is 2.07. The van der Waals surface area contributed by atoms with Crippen molar-refractivity contribution in [3.63, 3.8) is 0 Å². The van der Waals surface area contributed by atoms with E-state index in [1.165, 1.54) is 12.8 Å². The number of hydrogen-bond acceptors (Lipinski definition) is 3. The molecular weight excluding hydrogens is 192 g/mol. The molecule has 82 valence electrons. The second-order valence-corrected chi connectivity index (χ2v) is 3.59. The zero-order valence-electron chi connectivity index (χ0n) is 8.94. The minimum Gasteiger partial charge on any atom is -0.364 e. The van der Waals surface area contributed by atoms with E-state index < -0.39 is 0 Å². The van der Waals surface area contributed by atoms with Crippen LogP contribution in [-0.4, -0.2) is 36.2 Å². The van der Waals surface area contributed by atoms with Gasteiger partial charge in [-0.05, 0) is 12.8 Å². The molecule has 0 aliphatic carbocycles. The van der Waals surface area contributed by atoms with E-state index in [2.05, 4.69) is 20.4 Å². The Balaban J connectivity index is 1.86. The summed E-state index contributed by atoms with van der Waals surface area (Å²) in [5.74, 6) is 0.954. The predicted octanol–water partition coefficient (Wildman–Crippen LogP) is 0.846. The molecule has 0 saturated carbocycles. The van der Waals surface area contributed by atoms with Gasteiger partial charge in [-0.2, -0.15) is 0 Å². The fourth-order valence-corrected chi connectivity index (χ4v) is 1.76. The van der Waals surface area contributed by atoms with Crippen LogP contribution >= 0.6 is 0 Å². The molecule has 1 fully saturated rings. The summed E-state index contributed by atoms with van der Waals surface area (Å²) in [6.07, 6.45) is 4.09. The van der Waals surface area contributed by atoms with Crippen LogP contribution in [0.5, 0.6) is 0 Å². The Morgan fingerprint density at radius 3 is 3.00 bits per heavy atom. The molecular formula is C10H16N4O. The zero-order valence-corrected chi connectivity index (χ0v) is 8.94. The van der Waals surface area contributed by atoms with Crippen molar-refractivity contribution in [2.24, 2.45) is 4.99 Å². The van der Waals surface area contributed by atoms with Gasteiger partial charge in [0, 0.05) is 26.2 Å². The van der Waals surface area contributed by atoms with E-state index in [1.54, 1.807) is 6.26 Å². The molecule has 1 saturated heterocycles. The SMILES string of the molecule is CN=C(NCc1ccon1)N1CCCC1. The average Bonchev–Trinajstić information content (AvgIpc) is 2.90. The summed E-state index contributed by atoms with van der Waals surface area (Å²) in [4.78, 5) is 6.51. The van der Waals surface area contributed by atoms with Crippen molar-refractivity contribution < 1.29 is 4.52 Å². The Morgan fingerprint density at radius 1 is 1.60 bits per heavy atom. The molecule has 0 atom stereocenters. The number of nitrogens with one attached hydrogen (secondary N) is 1. The molecule has 1 aliphatic heterocycles. The van der Waals surface area contributed by atoms with Crippen LogP contribution in [0.1, 0.15) is 18.5 Å². The van der Waals surface area contributed by atoms with Gasteiger partial charge in [0.1, 0.15) is 12.0 Å². The van der Waals surface area contributed by atoms with Gasteiger partial charge in [0.25, 0.3) is 0 Å². The second-order valence-electron chi connectivity index (χ2n) is 3.59. The van der Waals surface area contributed by atoms with Crippen molar-refractivity contribution in [2.45, 2.75) is 19.4 Å². The Morgan fingerprint density at radius 2 is 2.40 bits per heavy atom. The first kappa shape index (κ1) is 10.0. The summed E-state index contributed by atoms with van der Waals surface area (Å²) in [6.45, 7) is 2.86. The number of nitrogens with zero attached hydrogens (tertiary/aromatic N) is 3. The van der Waals surface area contributed by atoms with Gasteiger partial charge in [-0.25, -0.2) is 0 Å². The van der Waals surface area contributed by atoms with Crippen molar-refractivity contribution in [3.8, 4) is 0 Å². The third kappa shape index (κ3) is 2.49. The first-order valence-corrected chi connectivity index (χ1v) is 5.25. The lowest BCUT2D eigenvalue weighted by Gasteiger charge is -2.20. The number of likely N-dealkylation sites (tertiary alicyclic amines) is 1. The summed E-state index contributed by atoms with van der Waals surface area (Å²) in [5, 5.41) is 7.11. The second kappa shape index (κ2) is 4.82. The van der Waals surface area contributed by atoms with E-state index in [4.69, 9.17) is 4.52 Å². The third-order valence-electron chi connectivity index (χ3n) is 2.54. The Labute approximate surface area is 89.2 Å². The van der Waals surface area contributed by atoms with Gasteiger partial charge in [-0.1, -0.05) is 5.16 Å². The molecule has 0 unspecified atom stereocenters. The number of hydrogen-bond donors (Lipinski definition) is 1. The van der Waals surface area contributed by atoms with Gasteiger partial charge in [-0.3, -0.25) is 4.99 Å². The van der Waals surface area contributed by atoms with Gasteiger partial charge in [0.2, 0.25) is 0 Å². The van der Waals surface area contributed by atoms with E-state index >= 15 is 0 Å². The van der Waals surface area contributed by atoms with Crippen LogP contribution in [-0.2, 0) is 6.54 Å². The van der Waals surface area contributed by atoms with Crippen LogP contribution < -0.4 is 5.32 Å². The number of aliphatic imine (C=N–C) groups is 1. The van der Waals surface area contributed by atoms with Crippen molar-refractivity contribution in [2.75, 3.05) is 20.1 Å². The molecule has 15 heavy (non-hydrogen) atoms. The molecule has 0 bridgehead atoms. The Hall–Kier alpha value is -1.52. The fourth-order valence-electron chi connectivity index (χ4n) is 1.76. The normalized spacial score (nSPS) is 17.1. The van der Waals surface area contributed by atoms with E-state index in [9.17, 15) is 0 Å². The molecule has 1 aromatic rings. The van der Waals surface area contributed by atoms with Gasteiger partial charge in [0.05, 0.1) is 6.54 Å². The monoisotopic (exact) mass is 208 g/mol. The Bertz CT molecular complexity index is 314. The maximum atomic E-state index is 4.76. The molecule has 1 aliphatic rings. The quantitative estimate of drug-likeness (QED) is 0.578. The van der Waals surface area contributed by atoms with Crippen LogP contribution in [0, 0.1) is 0 Å². The first-order chi connectivity index (χ1) is 7.40. The van der Waals surface area contributed by atoms with Crippen LogP contribution in [0.25, 0.3) is 0 Å². The lowest BCUT2D eigenvalue weighted by Crippen LogP contribution is -2.39. The third-order valence-corrected chi connectivity index (χ3v) is 2.54. The molecule has 0 radical (unpaired) electrons. The number of aromatic nitrogens is 1. The molecule has 2 rings (SSSR count). The van der Waals surface area contributed by atoms with Crippen LogP contribution in [0.15, 0.2) is 21.8 Å². The van der Waals surface area contributed by atoms with Gasteiger partial charge in [-0.15, -0.1) is 0 Å². The summed E-state index contributed by atoms with van der Waals surface area (Å²) >= 11 is 0. The first-order valence-electron chi connectivity index (χ1n) is 5.25. The van der Waals surface area contributed by atoms with E-state index in [1.807, 2.05) is 13.1 Å². The Kier molecular flexibility index (Phi) is 3.22. The predicted molar refractivity (Wildman–Crippen MR) is 57.5 cm³/mol. The molecule has 5 nitrogen and oxygen atoms in total. The van der Waals surface area contributed by atoms with E-state index in [0.717, 1.165) is 24.7 Å². The van der Waals surface area contributed by atoms with Crippen molar-refractivity contribution >= 4 is 5.96 Å². The smallest absolute Gasteiger partial charge is 0.193 e. The minimum absolute atomic E-state index is 0.666. The molecule has 5 heteroatoms. The zero-order chi connectivity index (χ0) is 10.5. The molecule has 0 amide bonds. The maximum Gasteiger partial charge on any atom is 0.193 e. The number of rotatable bonds is 2. The minimum atomic E-state index is 0.666. The lowest BCUT2D eigenvalue weighted by atomic mass is 10.4. The lowest BCUT2D eigenvalue weighted by molar-refractivity contribution is 0.409. The van der Waals surface area contributed by atoms with Gasteiger partial charge >= 0.3 is 0 Å². The van der Waals surface area contributed by atoms with E-state index in [0.29, 0.717) is 6.54 Å². The van der Waals surface area contributed by atoms with Crippen molar-refractivity contribution in [3.05, 3.63) is 18.0 Å². The van der Waals surface area contributed by atoms with E-state index in [-0.39, 0.29) is 0 Å². The molecule has 1 N–H and O–H groups in total. The largest absolute Gasteiger partial charge is 0.364 e. The summed E-state index contributed by atoms with van der Waals surface area (Å²) in [5.41, 5.74) is 0.898. The van der Waals surface area contributed by atoms with Crippen molar-refractivity contribution in [1.29, 1.82) is 0 Å². The molecule has 0 spiro atoms. The topological polar surface area (TPSA) is 53.7 Å². The highest BCUT2D eigenvalue weighted by molar-refractivity contribution is 5.80. The van der Waals surface area contributed by atoms with Crippen LogP contribution in [0.3, 0.4) is 0 Å². The van der Waals surface area contributed by atoms with Gasteiger partial charge in [0.15, 0.2) is 5.96 Å². The maximum absolute atomic E-state index is 4.76. The standard InChI is InChI=1S/C10H16N4O/c1-11-10(14-5-2-3-6-14)12-8-9-4-7-15-13-9/h4,7H,2-3,5-6,8H2,1H3,(H,11,12). The number of guanidine groups is 1. The average molecular weight is 208 g/mol. The summed E-state index contributed by atoms with van der Waals surface area (Å²) < 4.78 is 4.76. The summed E-state index contributed by atoms with van der Waals surface area (Å²) in [7, 11) is 1.81. The van der Waals surface area contributed by atoms with Crippen molar-refractivity contribution in [1.82, 2.24) is 15.4 Å². The summed E-state index contributed by atoms with van der Waals surface area (Å²) in [6, 6.07) is 1.85.